The van der Waals surface area contributed by atoms with Crippen molar-refractivity contribution in [3.63, 3.8) is 0 Å². The fraction of sp³-hybridized carbons (Fsp3) is 0.357. The van der Waals surface area contributed by atoms with E-state index in [2.05, 4.69) is 4.98 Å². The number of rotatable bonds is 3. The molecule has 18 heavy (non-hydrogen) atoms. The van der Waals surface area contributed by atoms with Crippen LogP contribution in [0.25, 0.3) is 10.9 Å². The Balaban J connectivity index is 2.02. The van der Waals surface area contributed by atoms with E-state index in [0.717, 1.165) is 29.5 Å². The first-order valence-electron chi connectivity index (χ1n) is 6.10. The van der Waals surface area contributed by atoms with E-state index in [1.165, 1.54) is 0 Å². The summed E-state index contributed by atoms with van der Waals surface area (Å²) in [5.41, 5.74) is 1.63. The second-order valence-electron chi connectivity index (χ2n) is 4.48. The Bertz CT molecular complexity index is 582. The highest BCUT2D eigenvalue weighted by Crippen LogP contribution is 2.26. The number of methoxy groups -OCH3 is 1. The van der Waals surface area contributed by atoms with Gasteiger partial charge in [0.25, 0.3) is 0 Å². The summed E-state index contributed by atoms with van der Waals surface area (Å²) in [5.74, 6) is 0.815. The minimum Gasteiger partial charge on any atom is -0.497 e. The standard InChI is InChI=1S/C14H15NO3/c1-17-9-4-5-12-10(7-9)11(8-15-12)14(16)13-3-2-6-18-13/h4-5,7-8,13,15H,2-3,6H2,1H3. The topological polar surface area (TPSA) is 51.3 Å². The van der Waals surface area contributed by atoms with Crippen molar-refractivity contribution < 1.29 is 14.3 Å². The van der Waals surface area contributed by atoms with Crippen molar-refractivity contribution in [3.8, 4) is 5.75 Å². The van der Waals surface area contributed by atoms with Gasteiger partial charge >= 0.3 is 0 Å². The zero-order valence-corrected chi connectivity index (χ0v) is 10.2. The summed E-state index contributed by atoms with van der Waals surface area (Å²) < 4.78 is 10.6. The second-order valence-corrected chi connectivity index (χ2v) is 4.48. The molecule has 1 aliphatic rings. The normalized spacial score (nSPS) is 19.3. The third-order valence-electron chi connectivity index (χ3n) is 3.38. The maximum atomic E-state index is 12.3. The SMILES string of the molecule is COc1ccc2[nH]cc(C(=O)C3CCCO3)c2c1. The van der Waals surface area contributed by atoms with E-state index in [0.29, 0.717) is 12.2 Å². The lowest BCUT2D eigenvalue weighted by atomic mass is 10.0. The molecule has 1 unspecified atom stereocenters. The van der Waals surface area contributed by atoms with Gasteiger partial charge in [0.2, 0.25) is 0 Å². The van der Waals surface area contributed by atoms with Crippen LogP contribution in [-0.4, -0.2) is 30.6 Å². The van der Waals surface area contributed by atoms with Crippen LogP contribution in [0.3, 0.4) is 0 Å². The van der Waals surface area contributed by atoms with Crippen LogP contribution in [0.2, 0.25) is 0 Å². The maximum absolute atomic E-state index is 12.3. The molecule has 3 rings (SSSR count). The lowest BCUT2D eigenvalue weighted by Gasteiger charge is -2.07. The Hall–Kier alpha value is -1.81. The zero-order valence-electron chi connectivity index (χ0n) is 10.2. The third-order valence-corrected chi connectivity index (χ3v) is 3.38. The van der Waals surface area contributed by atoms with Gasteiger partial charge in [-0.3, -0.25) is 4.79 Å². The van der Waals surface area contributed by atoms with E-state index >= 15 is 0 Å². The molecule has 0 bridgehead atoms. The number of hydrogen-bond acceptors (Lipinski definition) is 3. The number of H-pyrrole nitrogens is 1. The molecule has 0 spiro atoms. The summed E-state index contributed by atoms with van der Waals surface area (Å²) in [6.07, 6.45) is 3.25. The number of aromatic amines is 1. The summed E-state index contributed by atoms with van der Waals surface area (Å²) in [7, 11) is 1.62. The highest BCUT2D eigenvalue weighted by molar-refractivity contribution is 6.10. The average molecular weight is 245 g/mol. The van der Waals surface area contributed by atoms with Gasteiger partial charge in [-0.15, -0.1) is 0 Å². The van der Waals surface area contributed by atoms with Gasteiger partial charge in [-0.1, -0.05) is 0 Å². The van der Waals surface area contributed by atoms with E-state index < -0.39 is 0 Å². The summed E-state index contributed by atoms with van der Waals surface area (Å²) in [4.78, 5) is 15.4. The molecule has 2 aromatic rings. The predicted molar refractivity (Wildman–Crippen MR) is 68.2 cm³/mol. The molecule has 1 N–H and O–H groups in total. The van der Waals surface area contributed by atoms with Crippen molar-refractivity contribution in [2.24, 2.45) is 0 Å². The van der Waals surface area contributed by atoms with E-state index in [-0.39, 0.29) is 11.9 Å². The Kier molecular flexibility index (Phi) is 2.80. The minimum atomic E-state index is -0.282. The predicted octanol–water partition coefficient (Wildman–Crippen LogP) is 2.54. The second kappa shape index (κ2) is 4.46. The number of hydrogen-bond donors (Lipinski definition) is 1. The van der Waals surface area contributed by atoms with Gasteiger partial charge in [0.1, 0.15) is 11.9 Å². The molecular formula is C14H15NO3. The molecule has 1 atom stereocenters. The van der Waals surface area contributed by atoms with Crippen molar-refractivity contribution in [1.29, 1.82) is 0 Å². The summed E-state index contributed by atoms with van der Waals surface area (Å²) in [6.45, 7) is 0.683. The van der Waals surface area contributed by atoms with Crippen molar-refractivity contribution in [1.82, 2.24) is 4.98 Å². The van der Waals surface area contributed by atoms with Gasteiger partial charge in [0.05, 0.1) is 7.11 Å². The number of Topliss-reactive ketones (excluding diaryl/α,β-unsaturated/α-hetero) is 1. The van der Waals surface area contributed by atoms with E-state index in [9.17, 15) is 4.79 Å². The number of carbonyl (C=O) groups is 1. The quantitative estimate of drug-likeness (QED) is 0.845. The summed E-state index contributed by atoms with van der Waals surface area (Å²) >= 11 is 0. The number of nitrogens with one attached hydrogen (secondary N) is 1. The van der Waals surface area contributed by atoms with Crippen LogP contribution < -0.4 is 4.74 Å². The fourth-order valence-electron chi connectivity index (χ4n) is 2.39. The van der Waals surface area contributed by atoms with Crippen LogP contribution in [0, 0.1) is 0 Å². The highest BCUT2D eigenvalue weighted by Gasteiger charge is 2.26. The molecular weight excluding hydrogens is 230 g/mol. The van der Waals surface area contributed by atoms with Crippen molar-refractivity contribution >= 4 is 16.7 Å². The van der Waals surface area contributed by atoms with Crippen LogP contribution in [0.1, 0.15) is 23.2 Å². The largest absolute Gasteiger partial charge is 0.497 e. The molecule has 4 nitrogen and oxygen atoms in total. The van der Waals surface area contributed by atoms with Gasteiger partial charge < -0.3 is 14.5 Å². The number of benzene rings is 1. The average Bonchev–Trinajstić information content (AvgIpc) is 3.06. The van der Waals surface area contributed by atoms with E-state index in [4.69, 9.17) is 9.47 Å². The first kappa shape index (κ1) is 11.3. The van der Waals surface area contributed by atoms with Gasteiger partial charge in [0, 0.05) is 29.3 Å². The Morgan fingerprint density at radius 2 is 2.39 bits per heavy atom. The Morgan fingerprint density at radius 1 is 1.50 bits per heavy atom. The zero-order chi connectivity index (χ0) is 12.5. The lowest BCUT2D eigenvalue weighted by molar-refractivity contribution is 0.0644. The van der Waals surface area contributed by atoms with Crippen LogP contribution in [-0.2, 0) is 4.74 Å². The first-order valence-corrected chi connectivity index (χ1v) is 6.10. The molecule has 2 heterocycles. The third kappa shape index (κ3) is 1.78. The number of carbonyl (C=O) groups excluding carboxylic acids is 1. The van der Waals surface area contributed by atoms with Crippen LogP contribution >= 0.6 is 0 Å². The summed E-state index contributed by atoms with van der Waals surface area (Å²) in [6, 6.07) is 5.67. The molecule has 1 fully saturated rings. The molecule has 1 aromatic carbocycles. The summed E-state index contributed by atoms with van der Waals surface area (Å²) in [5, 5.41) is 0.898. The molecule has 1 aromatic heterocycles. The van der Waals surface area contributed by atoms with Gasteiger partial charge in [-0.2, -0.15) is 0 Å². The highest BCUT2D eigenvalue weighted by atomic mass is 16.5. The molecule has 0 aliphatic carbocycles. The number of ether oxygens (including phenoxy) is 2. The van der Waals surface area contributed by atoms with Crippen LogP contribution in [0.4, 0.5) is 0 Å². The van der Waals surface area contributed by atoms with Crippen LogP contribution in [0.5, 0.6) is 5.75 Å². The molecule has 0 radical (unpaired) electrons. The molecule has 0 amide bonds. The molecule has 0 saturated carbocycles. The van der Waals surface area contributed by atoms with Crippen molar-refractivity contribution in [3.05, 3.63) is 30.0 Å². The molecule has 1 saturated heterocycles. The van der Waals surface area contributed by atoms with Crippen molar-refractivity contribution in [2.75, 3.05) is 13.7 Å². The van der Waals surface area contributed by atoms with E-state index in [1.807, 2.05) is 18.2 Å². The number of ketones is 1. The number of fused-ring (bicyclic) bond motifs is 1. The van der Waals surface area contributed by atoms with Gasteiger partial charge in [0.15, 0.2) is 5.78 Å². The number of aromatic nitrogens is 1. The van der Waals surface area contributed by atoms with Crippen LogP contribution in [0.15, 0.2) is 24.4 Å². The Labute approximate surface area is 105 Å². The molecule has 1 aliphatic heterocycles. The maximum Gasteiger partial charge on any atom is 0.193 e. The first-order chi connectivity index (χ1) is 8.79. The van der Waals surface area contributed by atoms with Gasteiger partial charge in [-0.05, 0) is 31.0 Å². The lowest BCUT2D eigenvalue weighted by Crippen LogP contribution is -2.19. The minimum absolute atomic E-state index is 0.0620. The monoisotopic (exact) mass is 245 g/mol. The van der Waals surface area contributed by atoms with Gasteiger partial charge in [-0.25, -0.2) is 0 Å². The fourth-order valence-corrected chi connectivity index (χ4v) is 2.39. The van der Waals surface area contributed by atoms with Crippen molar-refractivity contribution in [2.45, 2.75) is 18.9 Å². The smallest absolute Gasteiger partial charge is 0.193 e. The molecule has 4 heteroatoms. The van der Waals surface area contributed by atoms with E-state index in [1.54, 1.807) is 13.3 Å². The molecule has 94 valence electrons. The Morgan fingerprint density at radius 3 is 3.11 bits per heavy atom.